The van der Waals surface area contributed by atoms with Crippen molar-refractivity contribution in [3.8, 4) is 0 Å². The summed E-state index contributed by atoms with van der Waals surface area (Å²) in [6.07, 6.45) is 8.16. The number of rotatable bonds is 4. The van der Waals surface area contributed by atoms with E-state index in [0.29, 0.717) is 18.4 Å². The van der Waals surface area contributed by atoms with E-state index >= 15 is 0 Å². The molecule has 2 amide bonds. The molecule has 1 saturated carbocycles. The van der Waals surface area contributed by atoms with E-state index < -0.39 is 0 Å². The van der Waals surface area contributed by atoms with E-state index in [1.54, 1.807) is 6.20 Å². The second-order valence-corrected chi connectivity index (χ2v) is 6.51. The maximum Gasteiger partial charge on any atom is 0.317 e. The van der Waals surface area contributed by atoms with Gasteiger partial charge in [0.05, 0.1) is 17.9 Å². The van der Waals surface area contributed by atoms with Gasteiger partial charge in [-0.2, -0.15) is 5.10 Å². The first kappa shape index (κ1) is 14.3. The van der Waals surface area contributed by atoms with Gasteiger partial charge in [-0.3, -0.25) is 5.10 Å². The van der Waals surface area contributed by atoms with Crippen LogP contribution in [0.25, 0.3) is 0 Å². The molecule has 0 unspecified atom stereocenters. The number of imidazole rings is 1. The average molecular weight is 314 g/mol. The number of aromatic amines is 2. The average Bonchev–Trinajstić information content (AvgIpc) is 3.11. The van der Waals surface area contributed by atoms with Gasteiger partial charge in [-0.1, -0.05) is 0 Å². The van der Waals surface area contributed by atoms with Crippen LogP contribution in [0.4, 0.5) is 4.79 Å². The van der Waals surface area contributed by atoms with Gasteiger partial charge in [0, 0.05) is 37.3 Å². The number of H-pyrrole nitrogens is 2. The maximum atomic E-state index is 12.4. The van der Waals surface area contributed by atoms with Crippen LogP contribution in [-0.4, -0.2) is 44.2 Å². The standard InChI is InChI=1S/C16H22N6O/c23-16(19-9-13-8-14(21-20-13)11-3-4-11)22-7-1-2-12(10-22)15-17-5-6-18-15/h5-6,8,11-12H,1-4,7,9-10H2,(H,17,18)(H,19,23)(H,20,21)/t12-/m1/s1. The molecule has 1 aliphatic heterocycles. The van der Waals surface area contributed by atoms with Crippen molar-refractivity contribution >= 4 is 6.03 Å². The summed E-state index contributed by atoms with van der Waals surface area (Å²) in [5.74, 6) is 1.91. The van der Waals surface area contributed by atoms with E-state index in [1.807, 2.05) is 11.1 Å². The van der Waals surface area contributed by atoms with Crippen molar-refractivity contribution in [3.05, 3.63) is 35.7 Å². The second kappa shape index (κ2) is 6.06. The molecule has 0 radical (unpaired) electrons. The number of hydrogen-bond donors (Lipinski definition) is 3. The summed E-state index contributed by atoms with van der Waals surface area (Å²) < 4.78 is 0. The van der Waals surface area contributed by atoms with Crippen LogP contribution in [0.2, 0.25) is 0 Å². The Kier molecular flexibility index (Phi) is 3.77. The lowest BCUT2D eigenvalue weighted by Crippen LogP contribution is -2.44. The van der Waals surface area contributed by atoms with Crippen LogP contribution in [0.1, 0.15) is 54.7 Å². The normalized spacial score (nSPS) is 21.4. The highest BCUT2D eigenvalue weighted by molar-refractivity contribution is 5.74. The number of aromatic nitrogens is 4. The highest BCUT2D eigenvalue weighted by Gasteiger charge is 2.27. The van der Waals surface area contributed by atoms with E-state index in [9.17, 15) is 4.79 Å². The number of amides is 2. The Morgan fingerprint density at radius 2 is 2.26 bits per heavy atom. The molecule has 7 nitrogen and oxygen atoms in total. The zero-order valence-electron chi connectivity index (χ0n) is 13.1. The van der Waals surface area contributed by atoms with Crippen molar-refractivity contribution in [2.75, 3.05) is 13.1 Å². The summed E-state index contributed by atoms with van der Waals surface area (Å²) in [7, 11) is 0. The van der Waals surface area contributed by atoms with Gasteiger partial charge in [0.25, 0.3) is 0 Å². The third kappa shape index (κ3) is 3.23. The predicted molar refractivity (Wildman–Crippen MR) is 84.9 cm³/mol. The first-order valence-electron chi connectivity index (χ1n) is 8.36. The lowest BCUT2D eigenvalue weighted by molar-refractivity contribution is 0.178. The fourth-order valence-corrected chi connectivity index (χ4v) is 3.23. The Bertz CT molecular complexity index is 660. The van der Waals surface area contributed by atoms with Crippen LogP contribution in [0.5, 0.6) is 0 Å². The van der Waals surface area contributed by atoms with Gasteiger partial charge in [0.1, 0.15) is 5.82 Å². The first-order valence-corrected chi connectivity index (χ1v) is 8.36. The van der Waals surface area contributed by atoms with Crippen LogP contribution < -0.4 is 5.32 Å². The third-order valence-electron chi connectivity index (χ3n) is 4.69. The van der Waals surface area contributed by atoms with Gasteiger partial charge < -0.3 is 15.2 Å². The fourth-order valence-electron chi connectivity index (χ4n) is 3.23. The van der Waals surface area contributed by atoms with E-state index in [4.69, 9.17) is 0 Å². The molecule has 0 aromatic carbocycles. The summed E-state index contributed by atoms with van der Waals surface area (Å²) in [4.78, 5) is 21.8. The quantitative estimate of drug-likeness (QED) is 0.807. The molecule has 0 bridgehead atoms. The Labute approximate surface area is 134 Å². The number of urea groups is 1. The molecule has 3 heterocycles. The van der Waals surface area contributed by atoms with E-state index in [-0.39, 0.29) is 6.03 Å². The number of likely N-dealkylation sites (tertiary alicyclic amines) is 1. The van der Waals surface area contributed by atoms with Crippen LogP contribution in [0, 0.1) is 0 Å². The summed E-state index contributed by atoms with van der Waals surface area (Å²) >= 11 is 0. The third-order valence-corrected chi connectivity index (χ3v) is 4.69. The molecule has 0 spiro atoms. The Morgan fingerprint density at radius 1 is 1.35 bits per heavy atom. The van der Waals surface area contributed by atoms with Gasteiger partial charge in [0.2, 0.25) is 0 Å². The van der Waals surface area contributed by atoms with Crippen molar-refractivity contribution < 1.29 is 4.79 Å². The molecule has 1 atom stereocenters. The summed E-state index contributed by atoms with van der Waals surface area (Å²) in [5.41, 5.74) is 2.10. The minimum atomic E-state index is -0.0103. The Balaban J connectivity index is 1.31. The Morgan fingerprint density at radius 3 is 3.04 bits per heavy atom. The zero-order chi connectivity index (χ0) is 15.6. The van der Waals surface area contributed by atoms with Crippen LogP contribution in [-0.2, 0) is 6.54 Å². The summed E-state index contributed by atoms with van der Waals surface area (Å²) in [5, 5.41) is 10.3. The van der Waals surface area contributed by atoms with Gasteiger partial charge >= 0.3 is 6.03 Å². The molecular weight excluding hydrogens is 292 g/mol. The molecule has 2 aliphatic rings. The van der Waals surface area contributed by atoms with E-state index in [1.165, 1.54) is 12.8 Å². The summed E-state index contributed by atoms with van der Waals surface area (Å²) in [6, 6.07) is 2.06. The molecule has 122 valence electrons. The number of hydrogen-bond acceptors (Lipinski definition) is 3. The second-order valence-electron chi connectivity index (χ2n) is 6.51. The number of carbonyl (C=O) groups is 1. The van der Waals surface area contributed by atoms with Crippen LogP contribution in [0.3, 0.4) is 0 Å². The minimum absolute atomic E-state index is 0.0103. The molecule has 23 heavy (non-hydrogen) atoms. The largest absolute Gasteiger partial charge is 0.348 e. The summed E-state index contributed by atoms with van der Waals surface area (Å²) in [6.45, 7) is 2.02. The molecule has 4 rings (SSSR count). The van der Waals surface area contributed by atoms with Crippen LogP contribution in [0.15, 0.2) is 18.5 Å². The van der Waals surface area contributed by atoms with Crippen LogP contribution >= 0.6 is 0 Å². The Hall–Kier alpha value is -2.31. The number of nitrogens with zero attached hydrogens (tertiary/aromatic N) is 3. The molecule has 1 saturated heterocycles. The highest BCUT2D eigenvalue weighted by atomic mass is 16.2. The lowest BCUT2D eigenvalue weighted by Gasteiger charge is -2.31. The van der Waals surface area contributed by atoms with E-state index in [0.717, 1.165) is 43.1 Å². The number of nitrogens with one attached hydrogen (secondary N) is 3. The lowest BCUT2D eigenvalue weighted by atomic mass is 9.98. The highest BCUT2D eigenvalue weighted by Crippen LogP contribution is 2.38. The van der Waals surface area contributed by atoms with Gasteiger partial charge in [-0.05, 0) is 31.7 Å². The van der Waals surface area contributed by atoms with Crippen molar-refractivity contribution in [2.24, 2.45) is 0 Å². The fraction of sp³-hybridized carbons (Fsp3) is 0.562. The molecule has 2 fully saturated rings. The van der Waals surface area contributed by atoms with Crippen molar-refractivity contribution in [3.63, 3.8) is 0 Å². The molecule has 3 N–H and O–H groups in total. The van der Waals surface area contributed by atoms with Crippen molar-refractivity contribution in [1.29, 1.82) is 0 Å². The smallest absolute Gasteiger partial charge is 0.317 e. The molecule has 1 aliphatic carbocycles. The molecule has 2 aromatic heterocycles. The zero-order valence-corrected chi connectivity index (χ0v) is 13.1. The van der Waals surface area contributed by atoms with E-state index in [2.05, 4.69) is 31.5 Å². The first-order chi connectivity index (χ1) is 11.3. The molecular formula is C16H22N6O. The minimum Gasteiger partial charge on any atom is -0.348 e. The number of carbonyl (C=O) groups excluding carboxylic acids is 1. The monoisotopic (exact) mass is 314 g/mol. The molecule has 7 heteroatoms. The van der Waals surface area contributed by atoms with Gasteiger partial charge in [-0.15, -0.1) is 0 Å². The van der Waals surface area contributed by atoms with Gasteiger partial charge in [0.15, 0.2) is 0 Å². The maximum absolute atomic E-state index is 12.4. The van der Waals surface area contributed by atoms with Gasteiger partial charge in [-0.25, -0.2) is 9.78 Å². The van der Waals surface area contributed by atoms with Crippen molar-refractivity contribution in [2.45, 2.75) is 44.1 Å². The number of piperidine rings is 1. The topological polar surface area (TPSA) is 89.7 Å². The SMILES string of the molecule is O=C(NCc1cc(C2CC2)n[nH]1)N1CCC[C@@H](c2ncc[nH]2)C1. The predicted octanol–water partition coefficient (Wildman–Crippen LogP) is 2.10. The molecule has 2 aromatic rings. The van der Waals surface area contributed by atoms with Crippen molar-refractivity contribution in [1.82, 2.24) is 30.4 Å².